The highest BCUT2D eigenvalue weighted by Crippen LogP contribution is 2.19. The third kappa shape index (κ3) is 4.74. The van der Waals surface area contributed by atoms with Crippen molar-refractivity contribution in [3.63, 3.8) is 0 Å². The van der Waals surface area contributed by atoms with Gasteiger partial charge in [0.15, 0.2) is 0 Å². The summed E-state index contributed by atoms with van der Waals surface area (Å²) in [5.41, 5.74) is 1.48. The summed E-state index contributed by atoms with van der Waals surface area (Å²) >= 11 is 0. The van der Waals surface area contributed by atoms with Gasteiger partial charge in [-0.05, 0) is 36.6 Å². The standard InChI is InChI=1S/C17H19N3O2/c1-20(12-2-11-18)16(21)10-5-13-3-6-14(7-4-13)17(22)19-15-8-9-15/h3-7,10,15H,2,8-9,12H2,1H3,(H,19,22)/b10-5+. The summed E-state index contributed by atoms with van der Waals surface area (Å²) in [6, 6.07) is 9.46. The first kappa shape index (κ1) is 15.8. The second kappa shape index (κ2) is 7.41. The second-order valence-electron chi connectivity index (χ2n) is 5.37. The first-order chi connectivity index (χ1) is 10.6. The number of amides is 2. The van der Waals surface area contributed by atoms with Gasteiger partial charge in [0.2, 0.25) is 5.91 Å². The molecule has 1 aromatic carbocycles. The molecule has 2 rings (SSSR count). The van der Waals surface area contributed by atoms with Gasteiger partial charge >= 0.3 is 0 Å². The predicted molar refractivity (Wildman–Crippen MR) is 83.8 cm³/mol. The van der Waals surface area contributed by atoms with Crippen LogP contribution in [0.2, 0.25) is 0 Å². The molecule has 5 nitrogen and oxygen atoms in total. The van der Waals surface area contributed by atoms with Crippen LogP contribution in [-0.2, 0) is 4.79 Å². The van der Waals surface area contributed by atoms with Gasteiger partial charge < -0.3 is 10.2 Å². The molecule has 1 N–H and O–H groups in total. The summed E-state index contributed by atoms with van der Waals surface area (Å²) in [6.07, 6.45) is 5.62. The van der Waals surface area contributed by atoms with Crippen molar-refractivity contribution >= 4 is 17.9 Å². The summed E-state index contributed by atoms with van der Waals surface area (Å²) in [5.74, 6) is -0.198. The lowest BCUT2D eigenvalue weighted by atomic mass is 10.1. The highest BCUT2D eigenvalue weighted by molar-refractivity contribution is 5.95. The maximum absolute atomic E-state index is 11.8. The molecule has 0 atom stereocenters. The normalized spacial score (nSPS) is 13.6. The number of nitrogens with one attached hydrogen (secondary N) is 1. The number of carbonyl (C=O) groups is 2. The van der Waals surface area contributed by atoms with Gasteiger partial charge in [0.1, 0.15) is 0 Å². The monoisotopic (exact) mass is 297 g/mol. The van der Waals surface area contributed by atoms with Crippen LogP contribution in [0.25, 0.3) is 6.08 Å². The van der Waals surface area contributed by atoms with Crippen LogP contribution in [0.1, 0.15) is 35.2 Å². The zero-order valence-corrected chi connectivity index (χ0v) is 12.6. The van der Waals surface area contributed by atoms with Crippen LogP contribution in [0.5, 0.6) is 0 Å². The molecule has 0 bridgehead atoms. The Balaban J connectivity index is 1.89. The Morgan fingerprint density at radius 3 is 2.64 bits per heavy atom. The van der Waals surface area contributed by atoms with Crippen LogP contribution in [0.3, 0.4) is 0 Å². The molecule has 0 heterocycles. The fourth-order valence-electron chi connectivity index (χ4n) is 1.86. The van der Waals surface area contributed by atoms with E-state index in [1.807, 2.05) is 6.07 Å². The number of nitrogens with zero attached hydrogens (tertiary/aromatic N) is 2. The van der Waals surface area contributed by atoms with Gasteiger partial charge in [0.05, 0.1) is 12.5 Å². The quantitative estimate of drug-likeness (QED) is 0.816. The van der Waals surface area contributed by atoms with E-state index in [9.17, 15) is 9.59 Å². The molecule has 0 aliphatic heterocycles. The summed E-state index contributed by atoms with van der Waals surface area (Å²) in [4.78, 5) is 25.1. The third-order valence-electron chi connectivity index (χ3n) is 3.44. The minimum atomic E-state index is -0.147. The van der Waals surface area contributed by atoms with Crippen LogP contribution >= 0.6 is 0 Å². The van der Waals surface area contributed by atoms with Crippen LogP contribution in [0.4, 0.5) is 0 Å². The van der Waals surface area contributed by atoms with E-state index < -0.39 is 0 Å². The minimum Gasteiger partial charge on any atom is -0.349 e. The Bertz CT molecular complexity index is 610. The molecule has 0 unspecified atom stereocenters. The zero-order chi connectivity index (χ0) is 15.9. The average molecular weight is 297 g/mol. The maximum atomic E-state index is 11.8. The molecule has 1 saturated carbocycles. The van der Waals surface area contributed by atoms with Gasteiger partial charge in [0, 0.05) is 31.3 Å². The van der Waals surface area contributed by atoms with Crippen LogP contribution in [0.15, 0.2) is 30.3 Å². The van der Waals surface area contributed by atoms with Crippen molar-refractivity contribution in [2.75, 3.05) is 13.6 Å². The van der Waals surface area contributed by atoms with Crippen LogP contribution in [0, 0.1) is 11.3 Å². The Labute approximate surface area is 130 Å². The number of likely N-dealkylation sites (N-methyl/N-ethyl adjacent to an activating group) is 1. The first-order valence-corrected chi connectivity index (χ1v) is 7.31. The van der Waals surface area contributed by atoms with Gasteiger partial charge in [0.25, 0.3) is 5.91 Å². The van der Waals surface area contributed by atoms with Gasteiger partial charge in [-0.1, -0.05) is 12.1 Å². The molecule has 22 heavy (non-hydrogen) atoms. The molecule has 1 aromatic rings. The SMILES string of the molecule is CN(CCC#N)C(=O)/C=C/c1ccc(C(=O)NC2CC2)cc1. The lowest BCUT2D eigenvalue weighted by molar-refractivity contribution is -0.124. The molecule has 0 radical (unpaired) electrons. The van der Waals surface area contributed by atoms with Gasteiger partial charge in [-0.15, -0.1) is 0 Å². The van der Waals surface area contributed by atoms with E-state index in [0.29, 0.717) is 24.6 Å². The number of benzene rings is 1. The van der Waals surface area contributed by atoms with Crippen molar-refractivity contribution in [2.45, 2.75) is 25.3 Å². The third-order valence-corrected chi connectivity index (χ3v) is 3.44. The molecule has 0 saturated heterocycles. The van der Waals surface area contributed by atoms with Gasteiger partial charge in [-0.3, -0.25) is 9.59 Å². The molecule has 1 fully saturated rings. The Kier molecular flexibility index (Phi) is 5.31. The van der Waals surface area contributed by atoms with E-state index in [2.05, 4.69) is 5.32 Å². The van der Waals surface area contributed by atoms with E-state index in [1.165, 1.54) is 11.0 Å². The predicted octanol–water partition coefficient (Wildman–Crippen LogP) is 1.96. The zero-order valence-electron chi connectivity index (χ0n) is 12.6. The molecule has 5 heteroatoms. The van der Waals surface area contributed by atoms with Crippen molar-refractivity contribution in [1.29, 1.82) is 5.26 Å². The molecule has 1 aliphatic rings. The minimum absolute atomic E-state index is 0.0506. The smallest absolute Gasteiger partial charge is 0.251 e. The van der Waals surface area contributed by atoms with E-state index in [1.54, 1.807) is 37.4 Å². The van der Waals surface area contributed by atoms with E-state index in [-0.39, 0.29) is 11.8 Å². The van der Waals surface area contributed by atoms with Crippen molar-refractivity contribution in [2.24, 2.45) is 0 Å². The lowest BCUT2D eigenvalue weighted by Gasteiger charge is -2.12. The molecule has 1 aliphatic carbocycles. The van der Waals surface area contributed by atoms with E-state index >= 15 is 0 Å². The average Bonchev–Trinajstić information content (AvgIpc) is 3.34. The number of carbonyl (C=O) groups excluding carboxylic acids is 2. The Hall–Kier alpha value is -2.61. The molecule has 0 spiro atoms. The highest BCUT2D eigenvalue weighted by atomic mass is 16.2. The number of nitriles is 1. The lowest BCUT2D eigenvalue weighted by Crippen LogP contribution is -2.25. The van der Waals surface area contributed by atoms with Crippen LogP contribution < -0.4 is 5.32 Å². The molecular weight excluding hydrogens is 278 g/mol. The number of rotatable bonds is 6. The van der Waals surface area contributed by atoms with Crippen molar-refractivity contribution in [3.8, 4) is 6.07 Å². The van der Waals surface area contributed by atoms with Crippen molar-refractivity contribution in [1.82, 2.24) is 10.2 Å². The second-order valence-corrected chi connectivity index (χ2v) is 5.37. The topological polar surface area (TPSA) is 73.2 Å². The fraction of sp³-hybridized carbons (Fsp3) is 0.353. The molecule has 0 aromatic heterocycles. The largest absolute Gasteiger partial charge is 0.349 e. The maximum Gasteiger partial charge on any atom is 0.251 e. The summed E-state index contributed by atoms with van der Waals surface area (Å²) in [7, 11) is 1.66. The van der Waals surface area contributed by atoms with Gasteiger partial charge in [-0.2, -0.15) is 5.26 Å². The van der Waals surface area contributed by atoms with E-state index in [4.69, 9.17) is 5.26 Å². The fourth-order valence-corrected chi connectivity index (χ4v) is 1.86. The summed E-state index contributed by atoms with van der Waals surface area (Å²) < 4.78 is 0. The summed E-state index contributed by atoms with van der Waals surface area (Å²) in [6.45, 7) is 0.417. The van der Waals surface area contributed by atoms with Crippen molar-refractivity contribution in [3.05, 3.63) is 41.5 Å². The molecule has 2 amide bonds. The van der Waals surface area contributed by atoms with Crippen molar-refractivity contribution < 1.29 is 9.59 Å². The number of hydrogen-bond acceptors (Lipinski definition) is 3. The highest BCUT2D eigenvalue weighted by Gasteiger charge is 2.23. The Morgan fingerprint density at radius 1 is 1.36 bits per heavy atom. The van der Waals surface area contributed by atoms with E-state index in [0.717, 1.165) is 18.4 Å². The number of hydrogen-bond donors (Lipinski definition) is 1. The van der Waals surface area contributed by atoms with Crippen LogP contribution in [-0.4, -0.2) is 36.3 Å². The first-order valence-electron chi connectivity index (χ1n) is 7.31. The van der Waals surface area contributed by atoms with Gasteiger partial charge in [-0.25, -0.2) is 0 Å². The molecular formula is C17H19N3O2. The Morgan fingerprint density at radius 2 is 2.05 bits per heavy atom. The summed E-state index contributed by atoms with van der Waals surface area (Å²) in [5, 5.41) is 11.4. The molecule has 114 valence electrons.